The lowest BCUT2D eigenvalue weighted by atomic mass is 9.95. The van der Waals surface area contributed by atoms with Crippen molar-refractivity contribution in [3.05, 3.63) is 12.2 Å². The summed E-state index contributed by atoms with van der Waals surface area (Å²) >= 11 is 0. The minimum atomic E-state index is -0.291. The van der Waals surface area contributed by atoms with E-state index in [1.807, 2.05) is 0 Å². The van der Waals surface area contributed by atoms with Crippen LogP contribution in [0.2, 0.25) is 0 Å². The average molecular weight is 223 g/mol. The first-order valence-electron chi connectivity index (χ1n) is 6.20. The van der Waals surface area contributed by atoms with E-state index in [1.54, 1.807) is 0 Å². The van der Waals surface area contributed by atoms with Crippen LogP contribution in [0.1, 0.15) is 51.9 Å². The van der Waals surface area contributed by atoms with E-state index >= 15 is 0 Å². The molecule has 0 aromatic carbocycles. The van der Waals surface area contributed by atoms with Crippen molar-refractivity contribution in [3.8, 4) is 0 Å². The monoisotopic (exact) mass is 223 g/mol. The maximum atomic E-state index is 11.4. The van der Waals surface area contributed by atoms with E-state index in [-0.39, 0.29) is 17.7 Å². The first-order valence-corrected chi connectivity index (χ1v) is 6.20. The molecule has 90 valence electrons. The van der Waals surface area contributed by atoms with Gasteiger partial charge in [-0.2, -0.15) is 0 Å². The van der Waals surface area contributed by atoms with Crippen LogP contribution in [-0.4, -0.2) is 11.8 Å². The van der Waals surface area contributed by atoms with Gasteiger partial charge < -0.3 is 0 Å². The maximum absolute atomic E-state index is 11.4. The Morgan fingerprint density at radius 3 is 2.31 bits per heavy atom. The summed E-state index contributed by atoms with van der Waals surface area (Å²) in [7, 11) is 0. The van der Waals surface area contributed by atoms with Crippen LogP contribution < -0.4 is 5.32 Å². The predicted molar refractivity (Wildman–Crippen MR) is 63.8 cm³/mol. The van der Waals surface area contributed by atoms with Crippen molar-refractivity contribution in [2.24, 2.45) is 5.92 Å². The van der Waals surface area contributed by atoms with Crippen molar-refractivity contribution in [3.63, 3.8) is 0 Å². The fraction of sp³-hybridized carbons (Fsp3) is 0.692. The smallest absolute Gasteiger partial charge is 0.253 e. The molecule has 1 fully saturated rings. The molecule has 1 N–H and O–H groups in total. The third kappa shape index (κ3) is 3.47. The van der Waals surface area contributed by atoms with Gasteiger partial charge in [-0.1, -0.05) is 52.0 Å². The Kier molecular flexibility index (Phi) is 5.23. The number of amides is 2. The van der Waals surface area contributed by atoms with Crippen molar-refractivity contribution in [1.82, 2.24) is 5.32 Å². The number of carbonyl (C=O) groups is 2. The second kappa shape index (κ2) is 6.46. The van der Waals surface area contributed by atoms with Gasteiger partial charge in [0.15, 0.2) is 0 Å². The quantitative estimate of drug-likeness (QED) is 0.409. The van der Waals surface area contributed by atoms with Gasteiger partial charge in [0, 0.05) is 5.57 Å². The highest BCUT2D eigenvalue weighted by atomic mass is 16.2. The summed E-state index contributed by atoms with van der Waals surface area (Å²) in [6.07, 6.45) is 7.95. The zero-order valence-electron chi connectivity index (χ0n) is 10.1. The molecule has 0 radical (unpaired) electrons. The first-order chi connectivity index (χ1) is 7.66. The molecule has 1 rings (SSSR count). The van der Waals surface area contributed by atoms with Gasteiger partial charge in [-0.05, 0) is 6.42 Å². The fourth-order valence-electron chi connectivity index (χ4n) is 2.03. The molecule has 1 saturated heterocycles. The van der Waals surface area contributed by atoms with Crippen molar-refractivity contribution in [2.75, 3.05) is 0 Å². The van der Waals surface area contributed by atoms with E-state index in [2.05, 4.69) is 18.8 Å². The zero-order chi connectivity index (χ0) is 12.0. The van der Waals surface area contributed by atoms with E-state index in [0.717, 1.165) is 19.3 Å². The molecule has 0 aromatic rings. The number of carbonyl (C=O) groups excluding carboxylic acids is 2. The molecule has 0 aromatic heterocycles. The molecule has 1 atom stereocenters. The van der Waals surface area contributed by atoms with Gasteiger partial charge in [0.25, 0.3) is 5.91 Å². The number of unbranched alkanes of at least 4 members (excludes halogenated alkanes) is 5. The standard InChI is InChI=1S/C13H21NO2/c1-3-4-5-6-7-8-9-11-10(2)12(15)14-13(11)16/h11H,2-9H2,1H3,(H,14,15,16). The van der Waals surface area contributed by atoms with Crippen LogP contribution >= 0.6 is 0 Å². The van der Waals surface area contributed by atoms with E-state index in [4.69, 9.17) is 0 Å². The van der Waals surface area contributed by atoms with E-state index in [1.165, 1.54) is 25.7 Å². The molecule has 16 heavy (non-hydrogen) atoms. The van der Waals surface area contributed by atoms with E-state index < -0.39 is 0 Å². The van der Waals surface area contributed by atoms with Gasteiger partial charge in [-0.3, -0.25) is 14.9 Å². The molecular weight excluding hydrogens is 202 g/mol. The number of hydrogen-bond donors (Lipinski definition) is 1. The topological polar surface area (TPSA) is 46.2 Å². The van der Waals surface area contributed by atoms with Crippen LogP contribution in [0.5, 0.6) is 0 Å². The van der Waals surface area contributed by atoms with Crippen LogP contribution in [0, 0.1) is 5.92 Å². The maximum Gasteiger partial charge on any atom is 0.253 e. The Morgan fingerprint density at radius 2 is 1.75 bits per heavy atom. The highest BCUT2D eigenvalue weighted by Crippen LogP contribution is 2.23. The van der Waals surface area contributed by atoms with Gasteiger partial charge in [-0.25, -0.2) is 0 Å². The molecule has 1 unspecified atom stereocenters. The van der Waals surface area contributed by atoms with Crippen molar-refractivity contribution in [1.29, 1.82) is 0 Å². The molecule has 1 heterocycles. The molecule has 1 aliphatic rings. The minimum Gasteiger partial charge on any atom is -0.292 e. The van der Waals surface area contributed by atoms with E-state index in [9.17, 15) is 9.59 Å². The summed E-state index contributed by atoms with van der Waals surface area (Å²) < 4.78 is 0. The summed E-state index contributed by atoms with van der Waals surface area (Å²) in [5.74, 6) is -0.719. The summed E-state index contributed by atoms with van der Waals surface area (Å²) in [6, 6.07) is 0. The number of hydrogen-bond acceptors (Lipinski definition) is 2. The second-order valence-electron chi connectivity index (χ2n) is 4.45. The molecule has 3 heteroatoms. The number of imide groups is 1. The second-order valence-corrected chi connectivity index (χ2v) is 4.45. The van der Waals surface area contributed by atoms with Crippen molar-refractivity contribution >= 4 is 11.8 Å². The summed E-state index contributed by atoms with van der Waals surface area (Å²) in [4.78, 5) is 22.5. The SMILES string of the molecule is C=C1C(=O)NC(=O)C1CCCCCCCC. The third-order valence-corrected chi connectivity index (χ3v) is 3.11. The predicted octanol–water partition coefficient (Wildman–Crippen LogP) is 2.57. The number of rotatable bonds is 7. The van der Waals surface area contributed by atoms with Crippen molar-refractivity contribution in [2.45, 2.75) is 51.9 Å². The number of nitrogens with one attached hydrogen (secondary N) is 1. The lowest BCUT2D eigenvalue weighted by Crippen LogP contribution is -2.22. The zero-order valence-corrected chi connectivity index (χ0v) is 10.1. The Hall–Kier alpha value is -1.12. The molecular formula is C13H21NO2. The van der Waals surface area contributed by atoms with Crippen LogP contribution in [0.25, 0.3) is 0 Å². The molecule has 0 saturated carbocycles. The summed E-state index contributed by atoms with van der Waals surface area (Å²) in [5.41, 5.74) is 0.443. The molecule has 0 bridgehead atoms. The normalized spacial score (nSPS) is 20.3. The van der Waals surface area contributed by atoms with Gasteiger partial charge >= 0.3 is 0 Å². The molecule has 2 amide bonds. The average Bonchev–Trinajstić information content (AvgIpc) is 2.49. The van der Waals surface area contributed by atoms with Crippen LogP contribution in [-0.2, 0) is 9.59 Å². The Labute approximate surface area is 97.3 Å². The van der Waals surface area contributed by atoms with Gasteiger partial charge in [0.2, 0.25) is 5.91 Å². The van der Waals surface area contributed by atoms with Gasteiger partial charge in [0.05, 0.1) is 5.92 Å². The summed E-state index contributed by atoms with van der Waals surface area (Å²) in [6.45, 7) is 5.86. The van der Waals surface area contributed by atoms with Gasteiger partial charge in [-0.15, -0.1) is 0 Å². The highest BCUT2D eigenvalue weighted by molar-refractivity contribution is 6.14. The Morgan fingerprint density at radius 1 is 1.12 bits per heavy atom. The lowest BCUT2D eigenvalue weighted by Gasteiger charge is -2.06. The Balaban J connectivity index is 2.15. The summed E-state index contributed by atoms with van der Waals surface area (Å²) in [5, 5.41) is 2.30. The molecule has 3 nitrogen and oxygen atoms in total. The largest absolute Gasteiger partial charge is 0.292 e. The highest BCUT2D eigenvalue weighted by Gasteiger charge is 2.33. The van der Waals surface area contributed by atoms with Crippen LogP contribution in [0.15, 0.2) is 12.2 Å². The van der Waals surface area contributed by atoms with Gasteiger partial charge in [0.1, 0.15) is 0 Å². The molecule has 0 spiro atoms. The fourth-order valence-corrected chi connectivity index (χ4v) is 2.03. The lowest BCUT2D eigenvalue weighted by molar-refractivity contribution is -0.125. The van der Waals surface area contributed by atoms with E-state index in [0.29, 0.717) is 5.57 Å². The molecule has 1 aliphatic heterocycles. The molecule has 0 aliphatic carbocycles. The van der Waals surface area contributed by atoms with Crippen molar-refractivity contribution < 1.29 is 9.59 Å². The first kappa shape index (κ1) is 12.9. The minimum absolute atomic E-state index is 0.163. The third-order valence-electron chi connectivity index (χ3n) is 3.11. The Bertz CT molecular complexity index is 284. The van der Waals surface area contributed by atoms with Crippen LogP contribution in [0.4, 0.5) is 0 Å². The van der Waals surface area contributed by atoms with Crippen LogP contribution in [0.3, 0.4) is 0 Å².